The second-order valence-corrected chi connectivity index (χ2v) is 8.29. The Kier molecular flexibility index (Phi) is 7.10. The Morgan fingerprint density at radius 1 is 0.971 bits per heavy atom. The number of nitrogens with one attached hydrogen (secondary N) is 2. The van der Waals surface area contributed by atoms with Crippen molar-refractivity contribution in [3.8, 4) is 11.1 Å². The lowest BCUT2D eigenvalue weighted by Crippen LogP contribution is -2.38. The average molecular weight is 477 g/mol. The normalized spacial score (nSPS) is 12.9. The third-order valence-electron chi connectivity index (χ3n) is 6.10. The second-order valence-electron chi connectivity index (χ2n) is 8.29. The number of aromatic carboxylic acids is 1. The number of carboxylic acids is 1. The van der Waals surface area contributed by atoms with Gasteiger partial charge in [0.1, 0.15) is 12.4 Å². The van der Waals surface area contributed by atoms with Crippen LogP contribution in [0.3, 0.4) is 0 Å². The number of anilines is 1. The molecule has 7 nitrogen and oxygen atoms in total. The lowest BCUT2D eigenvalue weighted by Gasteiger charge is -2.19. The van der Waals surface area contributed by atoms with Crippen LogP contribution in [0.25, 0.3) is 11.1 Å². The Morgan fingerprint density at radius 2 is 1.60 bits per heavy atom. The van der Waals surface area contributed by atoms with E-state index in [4.69, 9.17) is 4.74 Å². The van der Waals surface area contributed by atoms with E-state index in [9.17, 15) is 23.9 Å². The van der Waals surface area contributed by atoms with E-state index in [-0.39, 0.29) is 24.5 Å². The number of alkyl carbamates (subject to hydrolysis) is 1. The van der Waals surface area contributed by atoms with Gasteiger partial charge in [-0.25, -0.2) is 14.0 Å². The van der Waals surface area contributed by atoms with Crippen molar-refractivity contribution < 1.29 is 28.6 Å². The van der Waals surface area contributed by atoms with Crippen LogP contribution >= 0.6 is 0 Å². The number of carboxylic acid groups (broad SMARTS) is 1. The zero-order valence-corrected chi connectivity index (χ0v) is 19.1. The summed E-state index contributed by atoms with van der Waals surface area (Å²) in [5.41, 5.74) is 3.67. The summed E-state index contributed by atoms with van der Waals surface area (Å²) in [6, 6.07) is 18.9. The zero-order chi connectivity index (χ0) is 24.9. The number of rotatable bonds is 8. The number of amides is 2. The van der Waals surface area contributed by atoms with Crippen molar-refractivity contribution in [3.63, 3.8) is 0 Å². The fourth-order valence-electron chi connectivity index (χ4n) is 4.35. The van der Waals surface area contributed by atoms with Gasteiger partial charge in [-0.15, -0.1) is 0 Å². The molecule has 0 radical (unpaired) electrons. The second kappa shape index (κ2) is 10.4. The molecule has 1 unspecified atom stereocenters. The summed E-state index contributed by atoms with van der Waals surface area (Å²) in [5.74, 6) is -2.92. The number of para-hydroxylation sites is 1. The van der Waals surface area contributed by atoms with Crippen LogP contribution < -0.4 is 10.6 Å². The van der Waals surface area contributed by atoms with E-state index in [0.717, 1.165) is 28.3 Å². The predicted octanol–water partition coefficient (Wildman–Crippen LogP) is 5.17. The standard InChI is InChI=1S/C27H25FN2O5/c1-2-16(14-24(31)30-25-21(26(32)33)12-7-13-23(25)28)29-27(34)35-15-22-19-10-5-3-8-17(19)18-9-4-6-11-20(18)22/h3-13,16,22H,2,14-15H2,1H3,(H,29,34)(H,30,31)(H,32,33). The summed E-state index contributed by atoms with van der Waals surface area (Å²) in [5, 5.41) is 14.2. The van der Waals surface area contributed by atoms with Crippen LogP contribution in [-0.4, -0.2) is 35.7 Å². The lowest BCUT2D eigenvalue weighted by atomic mass is 9.98. The first-order valence-electron chi connectivity index (χ1n) is 11.3. The van der Waals surface area contributed by atoms with Gasteiger partial charge in [0.25, 0.3) is 0 Å². The molecule has 35 heavy (non-hydrogen) atoms. The molecule has 180 valence electrons. The van der Waals surface area contributed by atoms with Crippen LogP contribution in [0.2, 0.25) is 0 Å². The SMILES string of the molecule is CCC(CC(=O)Nc1c(F)cccc1C(=O)O)NC(=O)OCC1c2ccccc2-c2ccccc21. The fraction of sp³-hybridized carbons (Fsp3) is 0.222. The van der Waals surface area contributed by atoms with Crippen LogP contribution in [-0.2, 0) is 9.53 Å². The Hall–Kier alpha value is -4.20. The Balaban J connectivity index is 1.36. The van der Waals surface area contributed by atoms with Gasteiger partial charge in [-0.2, -0.15) is 0 Å². The molecule has 0 aromatic heterocycles. The summed E-state index contributed by atoms with van der Waals surface area (Å²) < 4.78 is 19.6. The minimum Gasteiger partial charge on any atom is -0.478 e. The summed E-state index contributed by atoms with van der Waals surface area (Å²) in [7, 11) is 0. The number of benzene rings is 3. The maximum Gasteiger partial charge on any atom is 0.407 e. The fourth-order valence-corrected chi connectivity index (χ4v) is 4.35. The monoisotopic (exact) mass is 476 g/mol. The molecule has 2 amide bonds. The topological polar surface area (TPSA) is 105 Å². The van der Waals surface area contributed by atoms with Crippen LogP contribution in [0.15, 0.2) is 66.7 Å². The van der Waals surface area contributed by atoms with Gasteiger partial charge in [0.2, 0.25) is 5.91 Å². The molecule has 0 spiro atoms. The van der Waals surface area contributed by atoms with Crippen LogP contribution in [0.4, 0.5) is 14.9 Å². The third-order valence-corrected chi connectivity index (χ3v) is 6.10. The molecule has 0 saturated heterocycles. The van der Waals surface area contributed by atoms with Crippen molar-refractivity contribution in [1.82, 2.24) is 5.32 Å². The molecule has 0 heterocycles. The first kappa shape index (κ1) is 23.9. The van der Waals surface area contributed by atoms with Crippen LogP contribution in [0.1, 0.15) is 47.2 Å². The van der Waals surface area contributed by atoms with Crippen molar-refractivity contribution in [2.24, 2.45) is 0 Å². The highest BCUT2D eigenvalue weighted by molar-refractivity contribution is 6.00. The molecule has 3 N–H and O–H groups in total. The summed E-state index contributed by atoms with van der Waals surface area (Å²) >= 11 is 0. The largest absolute Gasteiger partial charge is 0.478 e. The van der Waals surface area contributed by atoms with Gasteiger partial charge in [-0.1, -0.05) is 61.5 Å². The first-order chi connectivity index (χ1) is 16.9. The average Bonchev–Trinajstić information content (AvgIpc) is 3.17. The number of ether oxygens (including phenoxy) is 1. The van der Waals surface area contributed by atoms with Gasteiger partial charge >= 0.3 is 12.1 Å². The van der Waals surface area contributed by atoms with Gasteiger partial charge in [0, 0.05) is 18.4 Å². The highest BCUT2D eigenvalue weighted by atomic mass is 19.1. The molecule has 1 atom stereocenters. The van der Waals surface area contributed by atoms with Gasteiger partial charge in [-0.05, 0) is 40.8 Å². The van der Waals surface area contributed by atoms with E-state index in [0.29, 0.717) is 6.42 Å². The van der Waals surface area contributed by atoms with Gasteiger partial charge in [0.05, 0.1) is 11.3 Å². The number of carbonyl (C=O) groups excluding carboxylic acids is 2. The maximum absolute atomic E-state index is 14.1. The maximum atomic E-state index is 14.1. The van der Waals surface area contributed by atoms with Crippen molar-refractivity contribution in [1.29, 1.82) is 0 Å². The molecule has 4 rings (SSSR count). The number of fused-ring (bicyclic) bond motifs is 3. The Labute approximate surface area is 201 Å². The molecule has 3 aromatic carbocycles. The van der Waals surface area contributed by atoms with E-state index in [2.05, 4.69) is 10.6 Å². The number of carbonyl (C=O) groups is 3. The molecule has 8 heteroatoms. The van der Waals surface area contributed by atoms with Crippen molar-refractivity contribution in [2.75, 3.05) is 11.9 Å². The molecule has 3 aromatic rings. The highest BCUT2D eigenvalue weighted by Crippen LogP contribution is 2.44. The molecular formula is C27H25FN2O5. The minimum atomic E-state index is -1.36. The Bertz CT molecular complexity index is 1230. The summed E-state index contributed by atoms with van der Waals surface area (Å²) in [6.07, 6.45) is -0.419. The quantitative estimate of drug-likeness (QED) is 0.416. The molecule has 1 aliphatic rings. The van der Waals surface area contributed by atoms with E-state index in [1.165, 1.54) is 12.1 Å². The van der Waals surface area contributed by atoms with E-state index in [1.54, 1.807) is 6.92 Å². The molecule has 0 aliphatic heterocycles. The molecule has 0 saturated carbocycles. The highest BCUT2D eigenvalue weighted by Gasteiger charge is 2.29. The number of hydrogen-bond acceptors (Lipinski definition) is 4. The van der Waals surface area contributed by atoms with Crippen LogP contribution in [0, 0.1) is 5.82 Å². The Morgan fingerprint density at radius 3 is 2.20 bits per heavy atom. The predicted molar refractivity (Wildman–Crippen MR) is 129 cm³/mol. The lowest BCUT2D eigenvalue weighted by molar-refractivity contribution is -0.116. The molecular weight excluding hydrogens is 451 g/mol. The van der Waals surface area contributed by atoms with Gasteiger partial charge < -0.3 is 20.5 Å². The van der Waals surface area contributed by atoms with E-state index < -0.39 is 35.5 Å². The number of halogens is 1. The summed E-state index contributed by atoms with van der Waals surface area (Å²) in [6.45, 7) is 1.92. The van der Waals surface area contributed by atoms with E-state index in [1.807, 2.05) is 48.5 Å². The first-order valence-corrected chi connectivity index (χ1v) is 11.3. The van der Waals surface area contributed by atoms with Gasteiger partial charge in [0.15, 0.2) is 0 Å². The van der Waals surface area contributed by atoms with Gasteiger partial charge in [-0.3, -0.25) is 4.79 Å². The van der Waals surface area contributed by atoms with Crippen LogP contribution in [0.5, 0.6) is 0 Å². The van der Waals surface area contributed by atoms with Crippen molar-refractivity contribution in [2.45, 2.75) is 31.7 Å². The molecule has 0 bridgehead atoms. The smallest absolute Gasteiger partial charge is 0.407 e. The van der Waals surface area contributed by atoms with Crippen molar-refractivity contribution in [3.05, 3.63) is 89.2 Å². The molecule has 0 fully saturated rings. The number of hydrogen-bond donors (Lipinski definition) is 3. The minimum absolute atomic E-state index is 0.0907. The molecule has 1 aliphatic carbocycles. The third kappa shape index (κ3) is 5.16. The van der Waals surface area contributed by atoms with Crippen molar-refractivity contribution >= 4 is 23.7 Å². The van der Waals surface area contributed by atoms with E-state index >= 15 is 0 Å². The summed E-state index contributed by atoms with van der Waals surface area (Å²) in [4.78, 5) is 36.3. The zero-order valence-electron chi connectivity index (χ0n) is 19.1.